The lowest BCUT2D eigenvalue weighted by molar-refractivity contribution is -0.124. The summed E-state index contributed by atoms with van der Waals surface area (Å²) in [6.07, 6.45) is 1.67. The first-order valence-corrected chi connectivity index (χ1v) is 8.84. The van der Waals surface area contributed by atoms with Crippen molar-refractivity contribution in [2.45, 2.75) is 6.54 Å². The molecule has 0 spiro atoms. The van der Waals surface area contributed by atoms with Crippen LogP contribution in [0.5, 0.6) is 0 Å². The van der Waals surface area contributed by atoms with Crippen LogP contribution in [-0.4, -0.2) is 28.1 Å². The lowest BCUT2D eigenvalue weighted by Gasteiger charge is -2.09. The Morgan fingerprint density at radius 2 is 1.87 bits per heavy atom. The van der Waals surface area contributed by atoms with Gasteiger partial charge in [-0.1, -0.05) is 70.2 Å². The van der Waals surface area contributed by atoms with Gasteiger partial charge in [-0.25, -0.2) is 0 Å². The fourth-order valence-corrected chi connectivity index (χ4v) is 3.06. The number of amides is 1. The minimum Gasteiger partial charge on any atom is -0.271 e. The smallest absolute Gasteiger partial charge is 0.259 e. The number of hydrazone groups is 1. The predicted molar refractivity (Wildman–Crippen MR) is 98.6 cm³/mol. The molecule has 1 aliphatic heterocycles. The van der Waals surface area contributed by atoms with Gasteiger partial charge in [0.15, 0.2) is 5.17 Å². The molecule has 0 aromatic heterocycles. The van der Waals surface area contributed by atoms with Gasteiger partial charge >= 0.3 is 0 Å². The van der Waals surface area contributed by atoms with E-state index in [1.807, 2.05) is 54.6 Å². The number of hydrogen-bond donors (Lipinski definition) is 0. The van der Waals surface area contributed by atoms with E-state index in [0.717, 1.165) is 15.6 Å². The second-order valence-corrected chi connectivity index (χ2v) is 6.73. The van der Waals surface area contributed by atoms with Crippen LogP contribution in [0.15, 0.2) is 69.2 Å². The van der Waals surface area contributed by atoms with Crippen molar-refractivity contribution in [3.63, 3.8) is 0 Å². The van der Waals surface area contributed by atoms with E-state index in [4.69, 9.17) is 0 Å². The third kappa shape index (κ3) is 4.30. The van der Waals surface area contributed by atoms with Crippen LogP contribution in [0.1, 0.15) is 11.1 Å². The minimum atomic E-state index is -0.0461. The molecule has 0 bridgehead atoms. The van der Waals surface area contributed by atoms with Gasteiger partial charge in [0.2, 0.25) is 0 Å². The summed E-state index contributed by atoms with van der Waals surface area (Å²) < 4.78 is 1.01. The van der Waals surface area contributed by atoms with E-state index in [0.29, 0.717) is 17.5 Å². The van der Waals surface area contributed by atoms with Crippen molar-refractivity contribution in [2.24, 2.45) is 10.1 Å². The lowest BCUT2D eigenvalue weighted by atomic mass is 10.2. The van der Waals surface area contributed by atoms with E-state index in [2.05, 4.69) is 26.0 Å². The molecular weight excluding hydrogens is 374 g/mol. The number of benzene rings is 2. The highest BCUT2D eigenvalue weighted by Crippen LogP contribution is 2.20. The molecule has 4 nitrogen and oxygen atoms in total. The average molecular weight is 388 g/mol. The Labute approximate surface area is 147 Å². The Hall–Kier alpha value is -1.92. The van der Waals surface area contributed by atoms with Gasteiger partial charge in [-0.05, 0) is 23.3 Å². The molecule has 116 valence electrons. The van der Waals surface area contributed by atoms with E-state index in [1.165, 1.54) is 16.8 Å². The number of rotatable bonds is 4. The minimum absolute atomic E-state index is 0.0461. The Balaban J connectivity index is 1.73. The van der Waals surface area contributed by atoms with Gasteiger partial charge in [-0.15, -0.1) is 0 Å². The largest absolute Gasteiger partial charge is 0.271 e. The van der Waals surface area contributed by atoms with Crippen LogP contribution in [-0.2, 0) is 11.3 Å². The van der Waals surface area contributed by atoms with Gasteiger partial charge < -0.3 is 0 Å². The molecule has 2 aromatic rings. The summed E-state index contributed by atoms with van der Waals surface area (Å²) in [5.41, 5.74) is 2.04. The Morgan fingerprint density at radius 3 is 2.61 bits per heavy atom. The molecule has 1 saturated heterocycles. The first kappa shape index (κ1) is 16.0. The van der Waals surface area contributed by atoms with Gasteiger partial charge in [-0.3, -0.25) is 9.79 Å². The highest BCUT2D eigenvalue weighted by Gasteiger charge is 2.27. The number of aliphatic imine (C=N–C) groups is 1. The fraction of sp³-hybridized carbons (Fsp3) is 0.118. The maximum Gasteiger partial charge on any atom is 0.259 e. The zero-order chi connectivity index (χ0) is 16.1. The van der Waals surface area contributed by atoms with Crippen LogP contribution in [0.4, 0.5) is 0 Å². The van der Waals surface area contributed by atoms with Crippen LogP contribution in [0.3, 0.4) is 0 Å². The third-order valence-corrected chi connectivity index (χ3v) is 4.65. The van der Waals surface area contributed by atoms with E-state index >= 15 is 0 Å². The van der Waals surface area contributed by atoms with Crippen molar-refractivity contribution in [1.82, 2.24) is 5.01 Å². The van der Waals surface area contributed by atoms with Crippen molar-refractivity contribution in [2.75, 3.05) is 5.75 Å². The summed E-state index contributed by atoms with van der Waals surface area (Å²) in [4.78, 5) is 16.5. The van der Waals surface area contributed by atoms with Crippen molar-refractivity contribution in [3.8, 4) is 0 Å². The number of carbonyl (C=O) groups is 1. The molecule has 3 rings (SSSR count). The molecule has 0 aliphatic carbocycles. The lowest BCUT2D eigenvalue weighted by Crippen LogP contribution is -2.24. The Kier molecular flexibility index (Phi) is 5.25. The van der Waals surface area contributed by atoms with E-state index < -0.39 is 0 Å². The van der Waals surface area contributed by atoms with Gasteiger partial charge in [0, 0.05) is 4.47 Å². The number of halogens is 1. The molecule has 0 unspecified atom stereocenters. The first-order valence-electron chi connectivity index (χ1n) is 7.06. The third-order valence-electron chi connectivity index (χ3n) is 3.17. The number of amidine groups is 1. The summed E-state index contributed by atoms with van der Waals surface area (Å²) in [5, 5.41) is 6.32. The number of carbonyl (C=O) groups excluding carboxylic acids is 1. The van der Waals surface area contributed by atoms with Gasteiger partial charge in [0.1, 0.15) is 0 Å². The average Bonchev–Trinajstić information content (AvgIpc) is 2.93. The fourth-order valence-electron chi connectivity index (χ4n) is 2.00. The molecule has 6 heteroatoms. The van der Waals surface area contributed by atoms with Crippen molar-refractivity contribution in [1.29, 1.82) is 0 Å². The van der Waals surface area contributed by atoms with Crippen LogP contribution < -0.4 is 0 Å². The molecule has 0 saturated carbocycles. The van der Waals surface area contributed by atoms with Crippen molar-refractivity contribution in [3.05, 3.63) is 70.2 Å². The Bertz CT molecular complexity index is 744. The summed E-state index contributed by atoms with van der Waals surface area (Å²) in [7, 11) is 0. The van der Waals surface area contributed by atoms with E-state index in [-0.39, 0.29) is 5.91 Å². The number of nitrogens with zero attached hydrogens (tertiary/aromatic N) is 3. The molecule has 1 aliphatic rings. The first-order chi connectivity index (χ1) is 11.2. The number of thioether (sulfide) groups is 1. The quantitative estimate of drug-likeness (QED) is 0.746. The van der Waals surface area contributed by atoms with E-state index in [9.17, 15) is 4.79 Å². The normalized spacial score (nSPS) is 16.7. The summed E-state index contributed by atoms with van der Waals surface area (Å²) in [6.45, 7) is 0.542. The summed E-state index contributed by atoms with van der Waals surface area (Å²) in [6, 6.07) is 17.7. The van der Waals surface area contributed by atoms with Gasteiger partial charge in [0.25, 0.3) is 5.91 Å². The molecular formula is C17H14BrN3OS. The number of hydrogen-bond acceptors (Lipinski definition) is 4. The van der Waals surface area contributed by atoms with Crippen LogP contribution in [0.25, 0.3) is 0 Å². The summed E-state index contributed by atoms with van der Waals surface area (Å²) >= 11 is 4.81. The van der Waals surface area contributed by atoms with Crippen molar-refractivity contribution >= 4 is 45.0 Å². The van der Waals surface area contributed by atoms with Crippen LogP contribution in [0.2, 0.25) is 0 Å². The molecule has 1 amide bonds. The maximum atomic E-state index is 12.0. The zero-order valence-corrected chi connectivity index (χ0v) is 14.6. The SMILES string of the molecule is O=C1CSC(=NCc2ccccc2)N1N=Cc1ccc(Br)cc1. The molecule has 1 fully saturated rings. The summed E-state index contributed by atoms with van der Waals surface area (Å²) in [5.74, 6) is 0.334. The van der Waals surface area contributed by atoms with E-state index in [1.54, 1.807) is 6.21 Å². The molecule has 0 atom stereocenters. The Morgan fingerprint density at radius 1 is 1.13 bits per heavy atom. The highest BCUT2D eigenvalue weighted by atomic mass is 79.9. The molecule has 0 radical (unpaired) electrons. The second-order valence-electron chi connectivity index (χ2n) is 4.87. The maximum absolute atomic E-state index is 12.0. The standard InChI is InChI=1S/C17H14BrN3OS/c18-15-8-6-14(7-9-15)11-20-21-16(22)12-23-17(21)19-10-13-4-2-1-3-5-13/h1-9,11H,10,12H2. The van der Waals surface area contributed by atoms with Gasteiger partial charge in [0.05, 0.1) is 18.5 Å². The van der Waals surface area contributed by atoms with Crippen LogP contribution in [0, 0.1) is 0 Å². The second kappa shape index (κ2) is 7.57. The topological polar surface area (TPSA) is 45.0 Å². The monoisotopic (exact) mass is 387 g/mol. The predicted octanol–water partition coefficient (Wildman–Crippen LogP) is 3.91. The highest BCUT2D eigenvalue weighted by molar-refractivity contribution is 9.10. The molecule has 23 heavy (non-hydrogen) atoms. The molecule has 1 heterocycles. The zero-order valence-electron chi connectivity index (χ0n) is 12.2. The van der Waals surface area contributed by atoms with Crippen LogP contribution >= 0.6 is 27.7 Å². The van der Waals surface area contributed by atoms with Crippen molar-refractivity contribution < 1.29 is 4.79 Å². The molecule has 0 N–H and O–H groups in total. The molecule has 2 aromatic carbocycles. The van der Waals surface area contributed by atoms with Gasteiger partial charge in [-0.2, -0.15) is 10.1 Å².